The smallest absolute Gasteiger partial charge is 0.320 e. The summed E-state index contributed by atoms with van der Waals surface area (Å²) in [6.07, 6.45) is 4.12. The molecule has 0 rings (SSSR count). The summed E-state index contributed by atoms with van der Waals surface area (Å²) in [5, 5.41) is 11.3. The second-order valence-corrected chi connectivity index (χ2v) is 4.62. The number of aliphatic carboxylic acids is 1. The van der Waals surface area contributed by atoms with Crippen molar-refractivity contribution in [3.05, 3.63) is 0 Å². The molecule has 0 saturated heterocycles. The zero-order chi connectivity index (χ0) is 14.7. The molecule has 0 heterocycles. The number of unbranched alkanes of at least 4 members (excludes halogenated alkanes) is 2. The number of carboxylic acid groups (broad SMARTS) is 1. The molecule has 7 heteroatoms. The third-order valence-electron chi connectivity index (χ3n) is 2.86. The zero-order valence-electron chi connectivity index (χ0n) is 11.3. The fourth-order valence-corrected chi connectivity index (χ4v) is 1.60. The third kappa shape index (κ3) is 9.40. The molecule has 0 aliphatic heterocycles. The molecule has 8 N–H and O–H groups in total. The first-order valence-corrected chi connectivity index (χ1v) is 6.70. The van der Waals surface area contributed by atoms with E-state index in [1.54, 1.807) is 0 Å². The van der Waals surface area contributed by atoms with Crippen molar-refractivity contribution in [2.75, 3.05) is 13.1 Å². The Morgan fingerprint density at radius 1 is 1.00 bits per heavy atom. The highest BCUT2D eigenvalue weighted by Gasteiger charge is 2.13. The molecular weight excluding hydrogens is 248 g/mol. The number of rotatable bonds is 11. The Labute approximate surface area is 113 Å². The molecule has 7 nitrogen and oxygen atoms in total. The van der Waals surface area contributed by atoms with Gasteiger partial charge in [-0.2, -0.15) is 0 Å². The second kappa shape index (κ2) is 10.7. The Bertz CT molecular complexity index is 274. The molecular formula is C12H26N4O3. The number of carboxylic acids is 1. The predicted molar refractivity (Wildman–Crippen MR) is 73.4 cm³/mol. The van der Waals surface area contributed by atoms with E-state index in [4.69, 9.17) is 22.3 Å². The summed E-state index contributed by atoms with van der Waals surface area (Å²) in [7, 11) is 0. The van der Waals surface area contributed by atoms with Crippen LogP contribution < -0.4 is 22.5 Å². The minimum atomic E-state index is -0.994. The first-order valence-electron chi connectivity index (χ1n) is 6.70. The van der Waals surface area contributed by atoms with Gasteiger partial charge in [0.1, 0.15) is 6.04 Å². The lowest BCUT2D eigenvalue weighted by Crippen LogP contribution is -2.41. The van der Waals surface area contributed by atoms with Gasteiger partial charge in [0, 0.05) is 6.54 Å². The van der Waals surface area contributed by atoms with Crippen molar-refractivity contribution in [2.45, 2.75) is 50.6 Å². The Morgan fingerprint density at radius 2 is 1.58 bits per heavy atom. The number of carbonyl (C=O) groups is 2. The van der Waals surface area contributed by atoms with Crippen LogP contribution in [0.4, 0.5) is 0 Å². The van der Waals surface area contributed by atoms with Crippen molar-refractivity contribution >= 4 is 11.9 Å². The Morgan fingerprint density at radius 3 is 2.16 bits per heavy atom. The van der Waals surface area contributed by atoms with Crippen LogP contribution in [0.2, 0.25) is 0 Å². The topological polar surface area (TPSA) is 144 Å². The standard InChI is InChI=1S/C12H26N4O3/c13-7-3-1-5-9(14)11(17)16-8-4-2-6-10(15)12(18)19/h9-10H,1-8,13-15H2,(H,16,17)(H,18,19)/t9-,10-/m1/s1. The molecule has 0 saturated carbocycles. The van der Waals surface area contributed by atoms with E-state index >= 15 is 0 Å². The van der Waals surface area contributed by atoms with Crippen molar-refractivity contribution in [3.8, 4) is 0 Å². The highest BCUT2D eigenvalue weighted by molar-refractivity contribution is 5.81. The van der Waals surface area contributed by atoms with Crippen LogP contribution in [-0.2, 0) is 9.59 Å². The first-order chi connectivity index (χ1) is 8.99. The van der Waals surface area contributed by atoms with E-state index in [1.807, 2.05) is 0 Å². The molecule has 0 spiro atoms. The summed E-state index contributed by atoms with van der Waals surface area (Å²) in [6, 6.07) is -1.32. The molecule has 0 aliphatic carbocycles. The molecule has 0 aromatic rings. The molecule has 0 unspecified atom stereocenters. The van der Waals surface area contributed by atoms with Gasteiger partial charge in [0.25, 0.3) is 0 Å². The number of carbonyl (C=O) groups excluding carboxylic acids is 1. The van der Waals surface area contributed by atoms with Crippen LogP contribution >= 0.6 is 0 Å². The van der Waals surface area contributed by atoms with Crippen molar-refractivity contribution in [1.82, 2.24) is 5.32 Å². The third-order valence-corrected chi connectivity index (χ3v) is 2.86. The van der Waals surface area contributed by atoms with E-state index in [-0.39, 0.29) is 5.91 Å². The van der Waals surface area contributed by atoms with Gasteiger partial charge in [0.2, 0.25) is 5.91 Å². The van der Waals surface area contributed by atoms with Gasteiger partial charge in [-0.1, -0.05) is 6.42 Å². The van der Waals surface area contributed by atoms with E-state index in [9.17, 15) is 9.59 Å². The quantitative estimate of drug-likeness (QED) is 0.310. The molecule has 0 aromatic carbocycles. The minimum Gasteiger partial charge on any atom is -0.480 e. The van der Waals surface area contributed by atoms with Crippen molar-refractivity contribution in [3.63, 3.8) is 0 Å². The maximum Gasteiger partial charge on any atom is 0.320 e. The fraction of sp³-hybridized carbons (Fsp3) is 0.833. The summed E-state index contributed by atoms with van der Waals surface area (Å²) in [6.45, 7) is 1.11. The molecule has 0 fully saturated rings. The van der Waals surface area contributed by atoms with Gasteiger partial charge < -0.3 is 27.6 Å². The van der Waals surface area contributed by atoms with Crippen molar-refractivity contribution in [1.29, 1.82) is 0 Å². The van der Waals surface area contributed by atoms with Gasteiger partial charge in [-0.15, -0.1) is 0 Å². The van der Waals surface area contributed by atoms with E-state index < -0.39 is 18.1 Å². The van der Waals surface area contributed by atoms with Gasteiger partial charge in [0.15, 0.2) is 0 Å². The average molecular weight is 274 g/mol. The van der Waals surface area contributed by atoms with Crippen molar-refractivity contribution in [2.24, 2.45) is 17.2 Å². The number of nitrogens with one attached hydrogen (secondary N) is 1. The molecule has 0 bridgehead atoms. The van der Waals surface area contributed by atoms with Gasteiger partial charge in [0.05, 0.1) is 6.04 Å². The van der Waals surface area contributed by atoms with E-state index in [0.717, 1.165) is 12.8 Å². The molecule has 0 aromatic heterocycles. The van der Waals surface area contributed by atoms with Crippen LogP contribution in [0.25, 0.3) is 0 Å². The number of amides is 1. The normalized spacial score (nSPS) is 13.8. The van der Waals surface area contributed by atoms with Crippen LogP contribution in [0.5, 0.6) is 0 Å². The largest absolute Gasteiger partial charge is 0.480 e. The Hall–Kier alpha value is -1.18. The van der Waals surface area contributed by atoms with Gasteiger partial charge in [-0.3, -0.25) is 9.59 Å². The maximum atomic E-state index is 11.6. The van der Waals surface area contributed by atoms with Crippen LogP contribution in [0.15, 0.2) is 0 Å². The van der Waals surface area contributed by atoms with Gasteiger partial charge in [-0.05, 0) is 38.6 Å². The van der Waals surface area contributed by atoms with E-state index in [0.29, 0.717) is 38.8 Å². The highest BCUT2D eigenvalue weighted by atomic mass is 16.4. The second-order valence-electron chi connectivity index (χ2n) is 4.62. The molecule has 0 radical (unpaired) electrons. The summed E-state index contributed by atoms with van der Waals surface area (Å²) < 4.78 is 0. The zero-order valence-corrected chi connectivity index (χ0v) is 11.3. The molecule has 112 valence electrons. The van der Waals surface area contributed by atoms with Crippen LogP contribution in [0, 0.1) is 0 Å². The molecule has 0 aliphatic rings. The minimum absolute atomic E-state index is 0.167. The first kappa shape index (κ1) is 17.8. The SMILES string of the molecule is NCCCC[C@@H](N)C(=O)NCCCC[C@@H](N)C(=O)O. The number of nitrogens with two attached hydrogens (primary N) is 3. The highest BCUT2D eigenvalue weighted by Crippen LogP contribution is 2.00. The molecule has 1 amide bonds. The number of hydrogen-bond donors (Lipinski definition) is 5. The van der Waals surface area contributed by atoms with Gasteiger partial charge >= 0.3 is 5.97 Å². The summed E-state index contributed by atoms with van der Waals surface area (Å²) in [5.74, 6) is -1.16. The number of hydrogen-bond acceptors (Lipinski definition) is 5. The monoisotopic (exact) mass is 274 g/mol. The lowest BCUT2D eigenvalue weighted by Gasteiger charge is -2.12. The summed E-state index contributed by atoms with van der Waals surface area (Å²) in [4.78, 5) is 22.0. The van der Waals surface area contributed by atoms with Gasteiger partial charge in [-0.25, -0.2) is 0 Å². The predicted octanol–water partition coefficient (Wildman–Crippen LogP) is -0.859. The van der Waals surface area contributed by atoms with Crippen LogP contribution in [0.3, 0.4) is 0 Å². The van der Waals surface area contributed by atoms with Crippen molar-refractivity contribution < 1.29 is 14.7 Å². The van der Waals surface area contributed by atoms with Crippen LogP contribution in [-0.4, -0.2) is 42.2 Å². The molecule has 19 heavy (non-hydrogen) atoms. The Kier molecular flexibility index (Phi) is 10.1. The summed E-state index contributed by atoms with van der Waals surface area (Å²) in [5.41, 5.74) is 16.4. The lowest BCUT2D eigenvalue weighted by atomic mass is 10.1. The van der Waals surface area contributed by atoms with E-state index in [2.05, 4.69) is 5.32 Å². The van der Waals surface area contributed by atoms with E-state index in [1.165, 1.54) is 0 Å². The molecule has 2 atom stereocenters. The maximum absolute atomic E-state index is 11.6. The lowest BCUT2D eigenvalue weighted by molar-refractivity contribution is -0.138. The van der Waals surface area contributed by atoms with Crippen LogP contribution in [0.1, 0.15) is 38.5 Å². The fourth-order valence-electron chi connectivity index (χ4n) is 1.60. The average Bonchev–Trinajstić information content (AvgIpc) is 2.37. The summed E-state index contributed by atoms with van der Waals surface area (Å²) >= 11 is 0. The Balaban J connectivity index is 3.54.